The summed E-state index contributed by atoms with van der Waals surface area (Å²) in [7, 11) is -1.80. The average molecular weight is 365 g/mol. The Morgan fingerprint density at radius 1 is 1.36 bits per heavy atom. The number of nitrogens with one attached hydrogen (secondary N) is 2. The Morgan fingerprint density at radius 3 is 2.76 bits per heavy atom. The highest BCUT2D eigenvalue weighted by molar-refractivity contribution is 7.89. The molecule has 2 aromatic heterocycles. The predicted molar refractivity (Wildman–Crippen MR) is 94.5 cm³/mol. The number of carbonyl (C=O) groups is 1. The van der Waals surface area contributed by atoms with Gasteiger partial charge in [0.2, 0.25) is 15.9 Å². The Kier molecular flexibility index (Phi) is 5.07. The summed E-state index contributed by atoms with van der Waals surface area (Å²) in [6.07, 6.45) is 3.10. The normalized spacial score (nSPS) is 17.8. The summed E-state index contributed by atoms with van der Waals surface area (Å²) in [5, 5.41) is 3.58. The van der Waals surface area contributed by atoms with E-state index in [1.54, 1.807) is 23.2 Å². The van der Waals surface area contributed by atoms with Crippen molar-refractivity contribution in [3.63, 3.8) is 0 Å². The van der Waals surface area contributed by atoms with E-state index in [4.69, 9.17) is 0 Å². The van der Waals surface area contributed by atoms with Crippen molar-refractivity contribution in [1.82, 2.24) is 24.5 Å². The van der Waals surface area contributed by atoms with E-state index in [9.17, 15) is 13.2 Å². The summed E-state index contributed by atoms with van der Waals surface area (Å²) >= 11 is 0. The number of rotatable bonds is 5. The molecule has 2 aromatic rings. The quantitative estimate of drug-likeness (QED) is 0.792. The Hall–Kier alpha value is -1.97. The molecule has 2 N–H and O–H groups in total. The predicted octanol–water partition coefficient (Wildman–Crippen LogP) is 0.251. The molecule has 3 heterocycles. The third kappa shape index (κ3) is 3.39. The molecule has 1 atom stereocenters. The maximum absolute atomic E-state index is 12.9. The summed E-state index contributed by atoms with van der Waals surface area (Å²) in [4.78, 5) is 21.4. The highest BCUT2D eigenvalue weighted by Crippen LogP contribution is 2.25. The molecule has 0 radical (unpaired) electrons. The first-order chi connectivity index (χ1) is 11.9. The number of piperazine rings is 1. The van der Waals surface area contributed by atoms with Gasteiger partial charge in [-0.05, 0) is 19.2 Å². The van der Waals surface area contributed by atoms with Crippen LogP contribution in [0.3, 0.4) is 0 Å². The van der Waals surface area contributed by atoms with Gasteiger partial charge in [-0.15, -0.1) is 0 Å². The fourth-order valence-corrected chi connectivity index (χ4v) is 4.71. The Bertz CT molecular complexity index is 856. The van der Waals surface area contributed by atoms with Crippen LogP contribution in [0.5, 0.6) is 0 Å². The lowest BCUT2D eigenvalue weighted by atomic mass is 10.1. The molecule has 9 heteroatoms. The van der Waals surface area contributed by atoms with Crippen molar-refractivity contribution in [3.05, 3.63) is 24.5 Å². The SMILES string of the molecule is CNCC(C)C(=O)N1CCN(S(=O)(=O)c2c[nH]c3ncccc23)CC1. The lowest BCUT2D eigenvalue weighted by molar-refractivity contribution is -0.136. The molecule has 8 nitrogen and oxygen atoms in total. The summed E-state index contributed by atoms with van der Waals surface area (Å²) in [5.74, 6) is -0.0597. The van der Waals surface area contributed by atoms with E-state index in [2.05, 4.69) is 15.3 Å². The Balaban J connectivity index is 1.73. The zero-order valence-electron chi connectivity index (χ0n) is 14.4. The number of aromatic nitrogens is 2. The van der Waals surface area contributed by atoms with Gasteiger partial charge >= 0.3 is 0 Å². The molecule has 1 aliphatic heterocycles. The molecular weight excluding hydrogens is 342 g/mol. The molecular formula is C16H23N5O3S. The van der Waals surface area contributed by atoms with Crippen molar-refractivity contribution in [2.45, 2.75) is 11.8 Å². The minimum atomic E-state index is -3.61. The molecule has 25 heavy (non-hydrogen) atoms. The van der Waals surface area contributed by atoms with Crippen LogP contribution in [0.15, 0.2) is 29.4 Å². The number of fused-ring (bicyclic) bond motifs is 1. The van der Waals surface area contributed by atoms with Crippen molar-refractivity contribution in [1.29, 1.82) is 0 Å². The van der Waals surface area contributed by atoms with Crippen molar-refractivity contribution in [3.8, 4) is 0 Å². The standard InChI is InChI=1S/C16H23N5O3S/c1-12(10-17-2)16(22)20-6-8-21(9-7-20)25(23,24)14-11-19-15-13(14)4-3-5-18-15/h3-5,11-12,17H,6-10H2,1-2H3,(H,18,19). The van der Waals surface area contributed by atoms with E-state index in [0.717, 1.165) is 0 Å². The fourth-order valence-electron chi connectivity index (χ4n) is 3.14. The number of pyridine rings is 1. The minimum Gasteiger partial charge on any atom is -0.345 e. The van der Waals surface area contributed by atoms with Gasteiger partial charge in [0.05, 0.1) is 0 Å². The smallest absolute Gasteiger partial charge is 0.245 e. The van der Waals surface area contributed by atoms with Gasteiger partial charge in [-0.2, -0.15) is 4.31 Å². The molecule has 1 fully saturated rings. The van der Waals surface area contributed by atoms with Crippen LogP contribution < -0.4 is 5.32 Å². The largest absolute Gasteiger partial charge is 0.345 e. The molecule has 1 saturated heterocycles. The van der Waals surface area contributed by atoms with Crippen LogP contribution in [0.2, 0.25) is 0 Å². The van der Waals surface area contributed by atoms with Crippen LogP contribution in [-0.4, -0.2) is 73.3 Å². The Labute approximate surface area is 147 Å². The lowest BCUT2D eigenvalue weighted by Gasteiger charge is -2.35. The summed E-state index contributed by atoms with van der Waals surface area (Å²) in [6.45, 7) is 3.90. The number of hydrogen-bond donors (Lipinski definition) is 2. The first-order valence-electron chi connectivity index (χ1n) is 8.30. The van der Waals surface area contributed by atoms with Gasteiger partial charge in [-0.3, -0.25) is 4.79 Å². The van der Waals surface area contributed by atoms with Gasteiger partial charge in [0.1, 0.15) is 10.5 Å². The second-order valence-electron chi connectivity index (χ2n) is 6.24. The van der Waals surface area contributed by atoms with E-state index >= 15 is 0 Å². The van der Waals surface area contributed by atoms with E-state index in [1.807, 2.05) is 14.0 Å². The highest BCUT2D eigenvalue weighted by atomic mass is 32.2. The summed E-state index contributed by atoms with van der Waals surface area (Å²) in [6, 6.07) is 3.46. The van der Waals surface area contributed by atoms with Crippen LogP contribution in [-0.2, 0) is 14.8 Å². The van der Waals surface area contributed by atoms with Gasteiger partial charge in [0.15, 0.2) is 0 Å². The molecule has 0 bridgehead atoms. The molecule has 1 unspecified atom stereocenters. The molecule has 1 amide bonds. The highest BCUT2D eigenvalue weighted by Gasteiger charge is 2.32. The summed E-state index contributed by atoms with van der Waals surface area (Å²) < 4.78 is 27.3. The Morgan fingerprint density at radius 2 is 2.08 bits per heavy atom. The maximum atomic E-state index is 12.9. The zero-order chi connectivity index (χ0) is 18.0. The number of amides is 1. The molecule has 3 rings (SSSR count). The third-order valence-corrected chi connectivity index (χ3v) is 6.45. The first kappa shape index (κ1) is 17.8. The van der Waals surface area contributed by atoms with Crippen molar-refractivity contribution >= 4 is 27.0 Å². The number of nitrogens with zero attached hydrogens (tertiary/aromatic N) is 3. The number of aromatic amines is 1. The van der Waals surface area contributed by atoms with Crippen LogP contribution in [0, 0.1) is 5.92 Å². The van der Waals surface area contributed by atoms with E-state index in [0.29, 0.717) is 43.8 Å². The first-order valence-corrected chi connectivity index (χ1v) is 9.75. The molecule has 0 spiro atoms. The van der Waals surface area contributed by atoms with Crippen LogP contribution in [0.1, 0.15) is 6.92 Å². The molecule has 0 saturated carbocycles. The van der Waals surface area contributed by atoms with Crippen molar-refractivity contribution in [2.24, 2.45) is 5.92 Å². The topological polar surface area (TPSA) is 98.4 Å². The van der Waals surface area contributed by atoms with Crippen LogP contribution in [0.4, 0.5) is 0 Å². The third-order valence-electron chi connectivity index (χ3n) is 4.51. The van der Waals surface area contributed by atoms with Gasteiger partial charge in [-0.25, -0.2) is 13.4 Å². The molecule has 0 aromatic carbocycles. The maximum Gasteiger partial charge on any atom is 0.245 e. The summed E-state index contributed by atoms with van der Waals surface area (Å²) in [5.41, 5.74) is 0.552. The van der Waals surface area contributed by atoms with Gasteiger partial charge in [0, 0.05) is 56.4 Å². The zero-order valence-corrected chi connectivity index (χ0v) is 15.2. The number of carbonyl (C=O) groups excluding carboxylic acids is 1. The number of hydrogen-bond acceptors (Lipinski definition) is 5. The lowest BCUT2D eigenvalue weighted by Crippen LogP contribution is -2.52. The fraction of sp³-hybridized carbons (Fsp3) is 0.500. The van der Waals surface area contributed by atoms with E-state index in [1.165, 1.54) is 10.5 Å². The molecule has 1 aliphatic rings. The van der Waals surface area contributed by atoms with E-state index < -0.39 is 10.0 Å². The van der Waals surface area contributed by atoms with Gasteiger partial charge in [-0.1, -0.05) is 6.92 Å². The van der Waals surface area contributed by atoms with Crippen molar-refractivity contribution in [2.75, 3.05) is 39.8 Å². The monoisotopic (exact) mass is 365 g/mol. The number of H-pyrrole nitrogens is 1. The van der Waals surface area contributed by atoms with Crippen LogP contribution >= 0.6 is 0 Å². The molecule has 136 valence electrons. The van der Waals surface area contributed by atoms with Crippen molar-refractivity contribution < 1.29 is 13.2 Å². The second-order valence-corrected chi connectivity index (χ2v) is 8.15. The average Bonchev–Trinajstić information content (AvgIpc) is 3.06. The van der Waals surface area contributed by atoms with E-state index in [-0.39, 0.29) is 16.7 Å². The van der Waals surface area contributed by atoms with Gasteiger partial charge in [0.25, 0.3) is 0 Å². The molecule has 0 aliphatic carbocycles. The van der Waals surface area contributed by atoms with Gasteiger partial charge < -0.3 is 15.2 Å². The minimum absolute atomic E-state index is 0.0580. The number of sulfonamides is 1. The second kappa shape index (κ2) is 7.11. The van der Waals surface area contributed by atoms with Crippen LogP contribution in [0.25, 0.3) is 11.0 Å².